The third-order valence-corrected chi connectivity index (χ3v) is 4.95. The van der Waals surface area contributed by atoms with Crippen LogP contribution < -0.4 is 0 Å². The first-order valence-electron chi connectivity index (χ1n) is 7.59. The van der Waals surface area contributed by atoms with Crippen LogP contribution in [0.5, 0.6) is 0 Å². The van der Waals surface area contributed by atoms with Crippen LogP contribution in [-0.2, 0) is 14.9 Å². The van der Waals surface area contributed by atoms with Crippen molar-refractivity contribution in [3.05, 3.63) is 71.8 Å². The molecule has 0 fully saturated rings. The van der Waals surface area contributed by atoms with E-state index < -0.39 is 45.2 Å². The van der Waals surface area contributed by atoms with Gasteiger partial charge in [-0.25, -0.2) is 0 Å². The largest absolute Gasteiger partial charge is 0.480 e. The van der Waals surface area contributed by atoms with E-state index in [1.54, 1.807) is 36.4 Å². The minimum atomic E-state index is -4.99. The average molecular weight is 376 g/mol. The molecule has 136 valence electrons. The Bertz CT molecular complexity index is 854. The molecule has 1 unspecified atom stereocenters. The maximum Gasteiger partial charge on any atom is 0.324 e. The Hall–Kier alpha value is -2.84. The van der Waals surface area contributed by atoms with Crippen molar-refractivity contribution >= 4 is 27.7 Å². The first-order valence-corrected chi connectivity index (χ1v) is 9.09. The van der Waals surface area contributed by atoms with Gasteiger partial charge in [0.25, 0.3) is 10.1 Å². The van der Waals surface area contributed by atoms with E-state index in [0.717, 1.165) is 0 Å². The highest BCUT2D eigenvalue weighted by atomic mass is 32.2. The molecule has 2 N–H and O–H groups in total. The van der Waals surface area contributed by atoms with Gasteiger partial charge >= 0.3 is 5.97 Å². The van der Waals surface area contributed by atoms with Crippen LogP contribution in [0.3, 0.4) is 0 Å². The summed E-state index contributed by atoms with van der Waals surface area (Å²) in [5.74, 6) is -4.83. The molecule has 0 radical (unpaired) electrons. The van der Waals surface area contributed by atoms with Crippen molar-refractivity contribution in [2.75, 3.05) is 0 Å². The van der Waals surface area contributed by atoms with Gasteiger partial charge in [-0.05, 0) is 6.42 Å². The van der Waals surface area contributed by atoms with E-state index in [1.807, 2.05) is 0 Å². The zero-order valence-corrected chi connectivity index (χ0v) is 14.3. The topological polar surface area (TPSA) is 126 Å². The number of carbonyl (C=O) groups is 3. The van der Waals surface area contributed by atoms with Crippen molar-refractivity contribution in [1.29, 1.82) is 0 Å². The van der Waals surface area contributed by atoms with Gasteiger partial charge in [0.1, 0.15) is 0 Å². The van der Waals surface area contributed by atoms with Crippen molar-refractivity contribution in [2.24, 2.45) is 5.92 Å². The van der Waals surface area contributed by atoms with Gasteiger partial charge in [0.2, 0.25) is 0 Å². The first kappa shape index (κ1) is 19.5. The number of rotatable bonds is 8. The van der Waals surface area contributed by atoms with Crippen molar-refractivity contribution in [3.63, 3.8) is 0 Å². The number of aliphatic carboxylic acids is 1. The minimum absolute atomic E-state index is 0.140. The molecule has 0 amide bonds. The van der Waals surface area contributed by atoms with E-state index in [0.29, 0.717) is 0 Å². The molecule has 0 aliphatic heterocycles. The highest BCUT2D eigenvalue weighted by Gasteiger charge is 2.39. The van der Waals surface area contributed by atoms with Crippen LogP contribution in [0.4, 0.5) is 0 Å². The number of hydrogen-bond donors (Lipinski definition) is 2. The smallest absolute Gasteiger partial charge is 0.324 e. The third-order valence-electron chi connectivity index (χ3n) is 3.83. The van der Waals surface area contributed by atoms with Crippen molar-refractivity contribution in [2.45, 2.75) is 11.7 Å². The zero-order chi connectivity index (χ0) is 19.3. The Morgan fingerprint density at radius 3 is 1.50 bits per heavy atom. The van der Waals surface area contributed by atoms with Crippen LogP contribution in [-0.4, -0.2) is 40.9 Å². The molecule has 0 saturated heterocycles. The summed E-state index contributed by atoms with van der Waals surface area (Å²) in [5.41, 5.74) is 0.280. The fourth-order valence-electron chi connectivity index (χ4n) is 2.50. The summed E-state index contributed by atoms with van der Waals surface area (Å²) >= 11 is 0. The molecule has 0 aliphatic carbocycles. The van der Waals surface area contributed by atoms with Crippen molar-refractivity contribution in [1.82, 2.24) is 0 Å². The zero-order valence-electron chi connectivity index (χ0n) is 13.5. The third kappa shape index (κ3) is 4.62. The minimum Gasteiger partial charge on any atom is -0.480 e. The molecule has 0 bridgehead atoms. The molecule has 0 saturated carbocycles. The van der Waals surface area contributed by atoms with Gasteiger partial charge in [-0.3, -0.25) is 18.9 Å². The molecule has 7 nitrogen and oxygen atoms in total. The van der Waals surface area contributed by atoms with E-state index in [4.69, 9.17) is 5.11 Å². The summed E-state index contributed by atoms with van der Waals surface area (Å²) < 4.78 is 31.9. The Kier molecular flexibility index (Phi) is 6.01. The standard InChI is InChI=1S/C18H16O7S/c19-16(12-7-3-1-4-8-12)14(11-15(18(21)22)26(23,24)25)17(20)13-9-5-2-6-10-13/h1-10,14-15H,11H2,(H,21,22)(H,23,24,25). The highest BCUT2D eigenvalue weighted by molar-refractivity contribution is 7.87. The monoisotopic (exact) mass is 376 g/mol. The second-order valence-corrected chi connectivity index (χ2v) is 7.19. The van der Waals surface area contributed by atoms with Gasteiger partial charge in [-0.1, -0.05) is 60.7 Å². The van der Waals surface area contributed by atoms with Crippen LogP contribution in [0, 0.1) is 5.92 Å². The molecule has 0 spiro atoms. The predicted molar refractivity (Wildman–Crippen MR) is 92.6 cm³/mol. The number of benzene rings is 2. The number of ketones is 2. The summed E-state index contributed by atoms with van der Waals surface area (Å²) in [6.45, 7) is 0. The average Bonchev–Trinajstić information content (AvgIpc) is 2.61. The molecular weight excluding hydrogens is 360 g/mol. The van der Waals surface area contributed by atoms with E-state index >= 15 is 0 Å². The molecular formula is C18H16O7S. The molecule has 0 aromatic heterocycles. The lowest BCUT2D eigenvalue weighted by molar-refractivity contribution is -0.136. The van der Waals surface area contributed by atoms with Crippen molar-refractivity contribution in [3.8, 4) is 0 Å². The number of Topliss-reactive ketones (excluding diaryl/α,β-unsaturated/α-hetero) is 2. The first-order chi connectivity index (χ1) is 12.2. The maximum atomic E-state index is 12.8. The summed E-state index contributed by atoms with van der Waals surface area (Å²) in [6.07, 6.45) is -0.865. The summed E-state index contributed by atoms with van der Waals surface area (Å²) in [6, 6.07) is 15.3. The number of carboxylic acids is 1. The SMILES string of the molecule is O=C(c1ccccc1)C(CC(C(=O)O)S(=O)(=O)O)C(=O)c1ccccc1. The van der Waals surface area contributed by atoms with E-state index in [1.165, 1.54) is 24.3 Å². The van der Waals surface area contributed by atoms with Crippen LogP contribution in [0.15, 0.2) is 60.7 Å². The van der Waals surface area contributed by atoms with E-state index in [9.17, 15) is 27.4 Å². The molecule has 2 aromatic rings. The van der Waals surface area contributed by atoms with Crippen LogP contribution in [0.1, 0.15) is 27.1 Å². The Morgan fingerprint density at radius 2 is 1.19 bits per heavy atom. The van der Waals surface area contributed by atoms with E-state index in [2.05, 4.69) is 0 Å². The Morgan fingerprint density at radius 1 is 0.808 bits per heavy atom. The second kappa shape index (κ2) is 8.03. The molecule has 0 heterocycles. The lowest BCUT2D eigenvalue weighted by Crippen LogP contribution is -2.37. The normalized spacial score (nSPS) is 12.5. The summed E-state index contributed by atoms with van der Waals surface area (Å²) in [7, 11) is -4.99. The quantitative estimate of drug-likeness (QED) is 0.410. The second-order valence-electron chi connectivity index (χ2n) is 5.59. The highest BCUT2D eigenvalue weighted by Crippen LogP contribution is 2.23. The number of hydrogen-bond acceptors (Lipinski definition) is 5. The molecule has 2 rings (SSSR count). The van der Waals surface area contributed by atoms with Crippen molar-refractivity contribution < 1.29 is 32.5 Å². The summed E-state index contributed by atoms with van der Waals surface area (Å²) in [4.78, 5) is 36.7. The molecule has 2 aromatic carbocycles. The fourth-order valence-corrected chi connectivity index (χ4v) is 3.19. The van der Waals surface area contributed by atoms with Crippen LogP contribution >= 0.6 is 0 Å². The fraction of sp³-hybridized carbons (Fsp3) is 0.167. The van der Waals surface area contributed by atoms with Crippen LogP contribution in [0.2, 0.25) is 0 Å². The Balaban J connectivity index is 2.46. The van der Waals surface area contributed by atoms with Gasteiger partial charge in [0, 0.05) is 11.1 Å². The number of carbonyl (C=O) groups excluding carboxylic acids is 2. The molecule has 8 heteroatoms. The molecule has 26 heavy (non-hydrogen) atoms. The lowest BCUT2D eigenvalue weighted by Gasteiger charge is -2.18. The lowest BCUT2D eigenvalue weighted by atomic mass is 9.86. The predicted octanol–water partition coefficient (Wildman–Crippen LogP) is 2.10. The Labute approximate surface area is 150 Å². The van der Waals surface area contributed by atoms with Gasteiger partial charge in [0.15, 0.2) is 16.8 Å². The van der Waals surface area contributed by atoms with Crippen LogP contribution in [0.25, 0.3) is 0 Å². The summed E-state index contributed by atoms with van der Waals surface area (Å²) in [5, 5.41) is 6.82. The number of carboxylic acid groups (broad SMARTS) is 1. The van der Waals surface area contributed by atoms with Gasteiger partial charge < -0.3 is 5.11 Å². The van der Waals surface area contributed by atoms with Gasteiger partial charge in [-0.15, -0.1) is 0 Å². The maximum absolute atomic E-state index is 12.8. The van der Waals surface area contributed by atoms with E-state index in [-0.39, 0.29) is 11.1 Å². The molecule has 1 atom stereocenters. The molecule has 0 aliphatic rings. The van der Waals surface area contributed by atoms with Gasteiger partial charge in [-0.2, -0.15) is 8.42 Å². The van der Waals surface area contributed by atoms with Gasteiger partial charge in [0.05, 0.1) is 5.92 Å².